The fraction of sp³-hybridized carbons (Fsp3) is 0.500. The molecule has 1 amide bonds. The van der Waals surface area contributed by atoms with Gasteiger partial charge in [-0.25, -0.2) is 21.6 Å². The Morgan fingerprint density at radius 3 is 2.29 bits per heavy atom. The van der Waals surface area contributed by atoms with Crippen molar-refractivity contribution < 1.29 is 31.1 Å². The van der Waals surface area contributed by atoms with Gasteiger partial charge in [-0.05, 0) is 12.1 Å². The van der Waals surface area contributed by atoms with Crippen LogP contribution in [0.1, 0.15) is 0 Å². The summed E-state index contributed by atoms with van der Waals surface area (Å²) in [6, 6.07) is 1.73. The number of hydrogen-bond donors (Lipinski definition) is 2. The lowest BCUT2D eigenvalue weighted by atomic mass is 10.2. The van der Waals surface area contributed by atoms with E-state index in [1.807, 2.05) is 0 Å². The molecule has 9 nitrogen and oxygen atoms in total. The molecule has 1 aromatic rings. The Balaban J connectivity index is 2.31. The van der Waals surface area contributed by atoms with Gasteiger partial charge in [0.15, 0.2) is 9.84 Å². The van der Waals surface area contributed by atoms with Crippen molar-refractivity contribution in [2.45, 2.75) is 20.8 Å². The van der Waals surface area contributed by atoms with Crippen LogP contribution in [0.4, 0.5) is 0 Å². The molecule has 0 bridgehead atoms. The molecule has 1 saturated heterocycles. The third kappa shape index (κ3) is 5.55. The maximum Gasteiger partial charge on any atom is 0.272 e. The summed E-state index contributed by atoms with van der Waals surface area (Å²) in [6.45, 7) is 0. The Morgan fingerprint density at radius 1 is 1.14 bits per heavy atom. The van der Waals surface area contributed by atoms with E-state index in [1.165, 1.54) is 32.4 Å². The Labute approximate surface area is 177 Å². The number of sulfone groups is 1. The van der Waals surface area contributed by atoms with Gasteiger partial charge in [-0.15, -0.1) is 0 Å². The van der Waals surface area contributed by atoms with Crippen LogP contribution in [0.2, 0.25) is 0 Å². The van der Waals surface area contributed by atoms with Crippen molar-refractivity contribution in [3.05, 3.63) is 18.2 Å². The second-order valence-corrected chi connectivity index (χ2v) is 12.0. The number of hydrogen-bond acceptors (Lipinski definition) is 7. The van der Waals surface area contributed by atoms with E-state index >= 15 is 0 Å². The molecule has 28 heavy (non-hydrogen) atoms. The van der Waals surface area contributed by atoms with Crippen LogP contribution in [0.5, 0.6) is 11.5 Å². The van der Waals surface area contributed by atoms with E-state index < -0.39 is 53.1 Å². The van der Waals surface area contributed by atoms with Crippen LogP contribution in [0.3, 0.4) is 0 Å². The molecule has 158 valence electrons. The summed E-state index contributed by atoms with van der Waals surface area (Å²) in [4.78, 5) is 11.6. The number of nitrogens with one attached hydrogen (secondary N) is 2. The van der Waals surface area contributed by atoms with E-state index in [-0.39, 0.29) is 10.6 Å². The smallest absolute Gasteiger partial charge is 0.272 e. The summed E-state index contributed by atoms with van der Waals surface area (Å²) in [6.07, 6.45) is 0. The highest BCUT2D eigenvalue weighted by Crippen LogP contribution is 2.30. The minimum atomic E-state index is -4.21. The number of halogens is 3. The lowest BCUT2D eigenvalue weighted by Crippen LogP contribution is -2.53. The number of carbonyl (C=O) groups excluding carboxylic acids is 1. The average molecular weight is 496 g/mol. The van der Waals surface area contributed by atoms with E-state index in [0.717, 1.165) is 0 Å². The second-order valence-electron chi connectivity index (χ2n) is 5.90. The molecule has 0 saturated carbocycles. The molecule has 0 aliphatic carbocycles. The highest BCUT2D eigenvalue weighted by molar-refractivity contribution is 7.92. The predicted octanol–water partition coefficient (Wildman–Crippen LogP) is 0.634. The van der Waals surface area contributed by atoms with Crippen molar-refractivity contribution in [1.29, 1.82) is 0 Å². The Bertz CT molecular complexity index is 962. The Kier molecular flexibility index (Phi) is 6.99. The lowest BCUT2D eigenvalue weighted by molar-refractivity contribution is -0.120. The first-order chi connectivity index (χ1) is 12.8. The van der Waals surface area contributed by atoms with Gasteiger partial charge in [0.05, 0.1) is 37.8 Å². The SMILES string of the molecule is COc1ccc(S(=O)(=O)N[C@H]2CS(=O)(=O)C[C@@H]2NC(=O)C(Cl)(Cl)Cl)c(OC)c1. The molecular formula is C14H17Cl3N2O7S2. The van der Waals surface area contributed by atoms with Gasteiger partial charge in [0.2, 0.25) is 10.0 Å². The fourth-order valence-corrected chi connectivity index (χ4v) is 6.17. The first-order valence-electron chi connectivity index (χ1n) is 7.61. The molecule has 14 heteroatoms. The van der Waals surface area contributed by atoms with Gasteiger partial charge in [0, 0.05) is 6.07 Å². The van der Waals surface area contributed by atoms with Crippen molar-refractivity contribution >= 4 is 60.6 Å². The molecule has 1 aromatic carbocycles. The molecule has 1 heterocycles. The fourth-order valence-electron chi connectivity index (χ4n) is 2.62. The average Bonchev–Trinajstić information content (AvgIpc) is 2.85. The van der Waals surface area contributed by atoms with Crippen LogP contribution in [0, 0.1) is 0 Å². The number of alkyl halides is 3. The normalized spacial score (nSPS) is 21.9. The second kappa shape index (κ2) is 8.41. The first-order valence-corrected chi connectivity index (χ1v) is 12.1. The number of amides is 1. The van der Waals surface area contributed by atoms with Crippen LogP contribution in [-0.4, -0.2) is 64.3 Å². The minimum absolute atomic E-state index is 0.00502. The van der Waals surface area contributed by atoms with Crippen LogP contribution in [-0.2, 0) is 24.7 Å². The first kappa shape index (κ1) is 23.3. The standard InChI is InChI=1S/C14H17Cl3N2O7S2/c1-25-8-3-4-12(11(5-8)26-2)28(23,24)19-10-7-27(21,22)6-9(10)18-13(20)14(15,16)17/h3-5,9-10,19H,6-7H2,1-2H3,(H,18,20)/t9-,10-/m0/s1. The zero-order valence-electron chi connectivity index (χ0n) is 14.6. The number of benzene rings is 1. The number of sulfonamides is 1. The van der Waals surface area contributed by atoms with Crippen LogP contribution >= 0.6 is 34.8 Å². The van der Waals surface area contributed by atoms with E-state index in [4.69, 9.17) is 44.3 Å². The topological polar surface area (TPSA) is 128 Å². The van der Waals surface area contributed by atoms with Crippen molar-refractivity contribution in [2.75, 3.05) is 25.7 Å². The number of ether oxygens (including phenoxy) is 2. The van der Waals surface area contributed by atoms with Gasteiger partial charge in [-0.1, -0.05) is 34.8 Å². The highest BCUT2D eigenvalue weighted by atomic mass is 35.6. The third-order valence-electron chi connectivity index (χ3n) is 3.89. The molecule has 0 unspecified atom stereocenters. The molecular weight excluding hydrogens is 479 g/mol. The maximum absolute atomic E-state index is 12.8. The number of methoxy groups -OCH3 is 2. The summed E-state index contributed by atoms with van der Waals surface area (Å²) in [5, 5.41) is 2.25. The molecule has 1 aliphatic rings. The summed E-state index contributed by atoms with van der Waals surface area (Å²) in [5.41, 5.74) is 0. The summed E-state index contributed by atoms with van der Waals surface area (Å²) in [5.74, 6) is -1.74. The van der Waals surface area contributed by atoms with Gasteiger partial charge in [0.1, 0.15) is 16.4 Å². The predicted molar refractivity (Wildman–Crippen MR) is 105 cm³/mol. The molecule has 2 N–H and O–H groups in total. The molecule has 0 aromatic heterocycles. The van der Waals surface area contributed by atoms with Gasteiger partial charge >= 0.3 is 0 Å². The van der Waals surface area contributed by atoms with Crippen LogP contribution in [0.15, 0.2) is 23.1 Å². The third-order valence-corrected chi connectivity index (χ3v) is 7.67. The van der Waals surface area contributed by atoms with E-state index in [2.05, 4.69) is 10.0 Å². The molecule has 1 aliphatic heterocycles. The minimum Gasteiger partial charge on any atom is -0.497 e. The van der Waals surface area contributed by atoms with E-state index in [1.54, 1.807) is 0 Å². The summed E-state index contributed by atoms with van der Waals surface area (Å²) in [7, 11) is -5.17. The summed E-state index contributed by atoms with van der Waals surface area (Å²) < 4.78 is 59.6. The molecule has 2 rings (SSSR count). The lowest BCUT2D eigenvalue weighted by Gasteiger charge is -2.23. The quantitative estimate of drug-likeness (QED) is 0.554. The number of rotatable bonds is 6. The summed E-state index contributed by atoms with van der Waals surface area (Å²) >= 11 is 16.4. The molecule has 2 atom stereocenters. The van der Waals surface area contributed by atoms with E-state index in [0.29, 0.717) is 5.75 Å². The van der Waals surface area contributed by atoms with Crippen LogP contribution in [0.25, 0.3) is 0 Å². The van der Waals surface area contributed by atoms with Crippen molar-refractivity contribution in [3.63, 3.8) is 0 Å². The van der Waals surface area contributed by atoms with Gasteiger partial charge in [-0.2, -0.15) is 0 Å². The molecule has 0 radical (unpaired) electrons. The van der Waals surface area contributed by atoms with Gasteiger partial charge in [0.25, 0.3) is 9.70 Å². The van der Waals surface area contributed by atoms with E-state index in [9.17, 15) is 21.6 Å². The van der Waals surface area contributed by atoms with Crippen molar-refractivity contribution in [1.82, 2.24) is 10.0 Å². The molecule has 0 spiro atoms. The van der Waals surface area contributed by atoms with Gasteiger partial charge < -0.3 is 14.8 Å². The monoisotopic (exact) mass is 494 g/mol. The Hall–Kier alpha value is -0.980. The van der Waals surface area contributed by atoms with Crippen molar-refractivity contribution in [3.8, 4) is 11.5 Å². The van der Waals surface area contributed by atoms with Gasteiger partial charge in [-0.3, -0.25) is 4.79 Å². The maximum atomic E-state index is 12.8. The Morgan fingerprint density at radius 2 is 1.75 bits per heavy atom. The molecule has 1 fully saturated rings. The number of carbonyl (C=O) groups is 1. The zero-order chi connectivity index (χ0) is 21.3. The largest absolute Gasteiger partial charge is 0.497 e. The highest BCUT2D eigenvalue weighted by Gasteiger charge is 2.43. The van der Waals surface area contributed by atoms with Crippen LogP contribution < -0.4 is 19.5 Å². The van der Waals surface area contributed by atoms with Crippen molar-refractivity contribution in [2.24, 2.45) is 0 Å². The zero-order valence-corrected chi connectivity index (χ0v) is 18.5.